The van der Waals surface area contributed by atoms with Crippen molar-refractivity contribution in [3.63, 3.8) is 0 Å². The van der Waals surface area contributed by atoms with Crippen molar-refractivity contribution in [1.29, 1.82) is 0 Å². The zero-order chi connectivity index (χ0) is 21.4. The number of hydrogen-bond donors (Lipinski definition) is 2. The lowest BCUT2D eigenvalue weighted by molar-refractivity contribution is -0.384. The number of nitrogens with two attached hydrogens (primary N) is 1. The molecule has 0 saturated carbocycles. The molecule has 0 radical (unpaired) electrons. The number of anilines is 1. The first-order chi connectivity index (χ1) is 14.4. The number of allylic oxidation sites excluding steroid dienone is 1. The van der Waals surface area contributed by atoms with Crippen molar-refractivity contribution in [3.05, 3.63) is 75.5 Å². The maximum atomic E-state index is 12.2. The lowest BCUT2D eigenvalue weighted by Gasteiger charge is -2.27. The van der Waals surface area contributed by atoms with Crippen molar-refractivity contribution >= 4 is 17.5 Å². The van der Waals surface area contributed by atoms with Crippen LogP contribution in [0.2, 0.25) is 0 Å². The highest BCUT2D eigenvalue weighted by atomic mass is 16.6. The van der Waals surface area contributed by atoms with Crippen molar-refractivity contribution in [2.45, 2.75) is 13.0 Å². The molecule has 1 aromatic heterocycles. The summed E-state index contributed by atoms with van der Waals surface area (Å²) in [6.07, 6.45) is 0. The fraction of sp³-hybridized carbons (Fsp3) is 0.150. The van der Waals surface area contributed by atoms with Gasteiger partial charge in [0.2, 0.25) is 11.9 Å². The van der Waals surface area contributed by atoms with E-state index in [4.69, 9.17) is 10.5 Å². The predicted octanol–water partition coefficient (Wildman–Crippen LogP) is 2.64. The largest absolute Gasteiger partial charge is 0.497 e. The van der Waals surface area contributed by atoms with Gasteiger partial charge in [-0.15, -0.1) is 5.10 Å². The monoisotopic (exact) mass is 406 g/mol. The summed E-state index contributed by atoms with van der Waals surface area (Å²) in [6.45, 7) is 1.70. The first-order valence-corrected chi connectivity index (χ1v) is 9.02. The van der Waals surface area contributed by atoms with Crippen LogP contribution < -0.4 is 15.8 Å². The minimum Gasteiger partial charge on any atom is -0.497 e. The third-order valence-electron chi connectivity index (χ3n) is 4.84. The Hall–Kier alpha value is -4.21. The number of nitrogens with zero attached hydrogens (tertiary/aromatic N) is 4. The second-order valence-corrected chi connectivity index (χ2v) is 6.72. The second-order valence-electron chi connectivity index (χ2n) is 6.72. The molecule has 10 heteroatoms. The van der Waals surface area contributed by atoms with Gasteiger partial charge in [-0.2, -0.15) is 4.98 Å². The zero-order valence-corrected chi connectivity index (χ0v) is 16.2. The lowest BCUT2D eigenvalue weighted by Crippen LogP contribution is -2.31. The van der Waals surface area contributed by atoms with Crippen molar-refractivity contribution in [2.24, 2.45) is 5.73 Å². The molecule has 30 heavy (non-hydrogen) atoms. The van der Waals surface area contributed by atoms with Gasteiger partial charge in [-0.25, -0.2) is 4.68 Å². The molecule has 3 aromatic rings. The van der Waals surface area contributed by atoms with Crippen LogP contribution in [0.4, 0.5) is 11.6 Å². The third-order valence-corrected chi connectivity index (χ3v) is 4.84. The number of aromatic nitrogens is 3. The summed E-state index contributed by atoms with van der Waals surface area (Å²) in [5.41, 5.74) is 7.54. The Morgan fingerprint density at radius 1 is 1.27 bits per heavy atom. The van der Waals surface area contributed by atoms with Crippen molar-refractivity contribution in [2.75, 3.05) is 12.4 Å². The molecule has 0 spiro atoms. The van der Waals surface area contributed by atoms with Gasteiger partial charge in [-0.05, 0) is 24.6 Å². The molecule has 10 nitrogen and oxygen atoms in total. The Bertz CT molecular complexity index is 1200. The van der Waals surface area contributed by atoms with Crippen molar-refractivity contribution in [1.82, 2.24) is 14.8 Å². The highest BCUT2D eigenvalue weighted by Crippen LogP contribution is 2.37. The average Bonchev–Trinajstić information content (AvgIpc) is 3.16. The number of methoxy groups -OCH3 is 1. The van der Waals surface area contributed by atoms with E-state index in [-0.39, 0.29) is 11.3 Å². The molecule has 152 valence electrons. The number of amides is 1. The van der Waals surface area contributed by atoms with E-state index in [1.807, 2.05) is 12.1 Å². The molecule has 1 atom stereocenters. The molecule has 0 aliphatic carbocycles. The quantitative estimate of drug-likeness (QED) is 0.490. The Morgan fingerprint density at radius 2 is 2.03 bits per heavy atom. The first-order valence-electron chi connectivity index (χ1n) is 9.02. The molecular weight excluding hydrogens is 388 g/mol. The molecule has 1 aliphatic rings. The number of primary amides is 1. The van der Waals surface area contributed by atoms with E-state index in [1.54, 1.807) is 38.3 Å². The van der Waals surface area contributed by atoms with E-state index >= 15 is 0 Å². The number of nitrogens with one attached hydrogen (secondary N) is 1. The topological polar surface area (TPSA) is 138 Å². The summed E-state index contributed by atoms with van der Waals surface area (Å²) in [5.74, 6) is 0.799. The molecule has 1 amide bonds. The zero-order valence-electron chi connectivity index (χ0n) is 16.2. The van der Waals surface area contributed by atoms with E-state index in [1.165, 1.54) is 16.8 Å². The Morgan fingerprint density at radius 3 is 2.73 bits per heavy atom. The van der Waals surface area contributed by atoms with Crippen LogP contribution in [0.1, 0.15) is 18.5 Å². The van der Waals surface area contributed by atoms with Crippen LogP contribution in [-0.2, 0) is 4.79 Å². The number of rotatable bonds is 5. The number of fused-ring (bicyclic) bond motifs is 1. The number of non-ortho nitro benzene ring substituents is 1. The second kappa shape index (κ2) is 7.32. The summed E-state index contributed by atoms with van der Waals surface area (Å²) in [6, 6.07) is 12.5. The molecule has 2 heterocycles. The number of carbonyl (C=O) groups is 1. The highest BCUT2D eigenvalue weighted by molar-refractivity contribution is 5.95. The van der Waals surface area contributed by atoms with E-state index in [2.05, 4.69) is 15.4 Å². The standard InChI is InChI=1S/C20H18N6O4/c1-11-16(18(21)27)17(12-5-3-7-14(9-12)26(28)29)25-20(22-11)23-19(24-25)13-6-4-8-15(10-13)30-2/h3-10,17H,1-2H3,(H2,21,27)(H,22,23,24). The van der Waals surface area contributed by atoms with E-state index in [0.29, 0.717) is 34.3 Å². The number of benzene rings is 2. The SMILES string of the molecule is COc1cccc(-c2nc3n(n2)C(c2cccc([N+](=O)[O-])c2)C(C(N)=O)=C(C)N3)c1. The Labute approximate surface area is 171 Å². The van der Waals surface area contributed by atoms with Gasteiger partial charge in [0.05, 0.1) is 17.6 Å². The van der Waals surface area contributed by atoms with Gasteiger partial charge >= 0.3 is 0 Å². The number of nitro groups is 1. The molecule has 1 aliphatic heterocycles. The molecule has 0 fully saturated rings. The summed E-state index contributed by atoms with van der Waals surface area (Å²) in [5, 5.41) is 18.9. The summed E-state index contributed by atoms with van der Waals surface area (Å²) in [4.78, 5) is 27.6. The van der Waals surface area contributed by atoms with Crippen LogP contribution in [0.15, 0.2) is 59.8 Å². The highest BCUT2D eigenvalue weighted by Gasteiger charge is 2.34. The van der Waals surface area contributed by atoms with E-state index < -0.39 is 16.9 Å². The third kappa shape index (κ3) is 3.24. The van der Waals surface area contributed by atoms with Crippen LogP contribution in [0, 0.1) is 10.1 Å². The van der Waals surface area contributed by atoms with Crippen molar-refractivity contribution < 1.29 is 14.5 Å². The maximum absolute atomic E-state index is 12.2. The van der Waals surface area contributed by atoms with Crippen molar-refractivity contribution in [3.8, 4) is 17.1 Å². The van der Waals surface area contributed by atoms with Gasteiger partial charge < -0.3 is 15.8 Å². The molecule has 3 N–H and O–H groups in total. The summed E-state index contributed by atoms with van der Waals surface area (Å²) in [7, 11) is 1.57. The maximum Gasteiger partial charge on any atom is 0.269 e. The Kier molecular flexibility index (Phi) is 4.66. The smallest absolute Gasteiger partial charge is 0.269 e. The molecule has 0 saturated heterocycles. The van der Waals surface area contributed by atoms with Gasteiger partial charge in [-0.1, -0.05) is 24.3 Å². The Balaban J connectivity index is 1.88. The minimum atomic E-state index is -0.759. The van der Waals surface area contributed by atoms with E-state index in [0.717, 1.165) is 0 Å². The molecule has 1 unspecified atom stereocenters. The predicted molar refractivity (Wildman–Crippen MR) is 109 cm³/mol. The number of carbonyl (C=O) groups excluding carboxylic acids is 1. The summed E-state index contributed by atoms with van der Waals surface area (Å²) >= 11 is 0. The fourth-order valence-electron chi connectivity index (χ4n) is 3.47. The lowest BCUT2D eigenvalue weighted by atomic mass is 9.95. The number of ether oxygens (including phenoxy) is 1. The van der Waals surface area contributed by atoms with E-state index in [9.17, 15) is 14.9 Å². The molecule has 4 rings (SSSR count). The van der Waals surface area contributed by atoms with Gasteiger partial charge in [0.1, 0.15) is 11.8 Å². The number of nitro benzene ring substituents is 1. The van der Waals surface area contributed by atoms with Crippen LogP contribution in [0.25, 0.3) is 11.4 Å². The molecule has 2 aromatic carbocycles. The fourth-order valence-corrected chi connectivity index (χ4v) is 3.47. The van der Waals surface area contributed by atoms with Gasteiger partial charge in [0, 0.05) is 23.4 Å². The molecular formula is C20H18N6O4. The van der Waals surface area contributed by atoms with Gasteiger partial charge in [0.25, 0.3) is 5.69 Å². The average molecular weight is 406 g/mol. The normalized spacial score (nSPS) is 15.3. The van der Waals surface area contributed by atoms with Crippen LogP contribution in [0.3, 0.4) is 0 Å². The van der Waals surface area contributed by atoms with Crippen LogP contribution in [-0.4, -0.2) is 32.7 Å². The van der Waals surface area contributed by atoms with Gasteiger partial charge in [0.15, 0.2) is 5.82 Å². The van der Waals surface area contributed by atoms with Crippen LogP contribution in [0.5, 0.6) is 5.75 Å². The minimum absolute atomic E-state index is 0.0952. The first kappa shape index (κ1) is 19.1. The number of hydrogen-bond acceptors (Lipinski definition) is 7. The molecule has 0 bridgehead atoms. The van der Waals surface area contributed by atoms with Gasteiger partial charge in [-0.3, -0.25) is 14.9 Å². The summed E-state index contributed by atoms with van der Waals surface area (Å²) < 4.78 is 6.77. The van der Waals surface area contributed by atoms with Crippen LogP contribution >= 0.6 is 0 Å².